The maximum absolute atomic E-state index is 5.68. The summed E-state index contributed by atoms with van der Waals surface area (Å²) in [6.07, 6.45) is 5.23. The van der Waals surface area contributed by atoms with Crippen molar-refractivity contribution in [3.63, 3.8) is 0 Å². The number of likely N-dealkylation sites (tertiary alicyclic amines) is 1. The Morgan fingerprint density at radius 1 is 1.20 bits per heavy atom. The van der Waals surface area contributed by atoms with Crippen molar-refractivity contribution >= 4 is 5.96 Å². The summed E-state index contributed by atoms with van der Waals surface area (Å²) in [6, 6.07) is 11.0. The Balaban J connectivity index is 1.50. The Kier molecular flexibility index (Phi) is 9.37. The number of benzene rings is 1. The number of nitrogens with zero attached hydrogens (tertiary/aromatic N) is 2. The van der Waals surface area contributed by atoms with Crippen LogP contribution >= 0.6 is 0 Å². The van der Waals surface area contributed by atoms with Crippen LogP contribution in [0.3, 0.4) is 0 Å². The molecule has 0 bridgehead atoms. The van der Waals surface area contributed by atoms with Gasteiger partial charge in [0.25, 0.3) is 0 Å². The van der Waals surface area contributed by atoms with Gasteiger partial charge in [-0.15, -0.1) is 0 Å². The molecular weight excluding hydrogens is 312 g/mol. The number of nitrogens with one attached hydrogen (secondary N) is 2. The number of ether oxygens (including phenoxy) is 1. The van der Waals surface area contributed by atoms with E-state index in [-0.39, 0.29) is 0 Å². The molecule has 1 heterocycles. The second kappa shape index (κ2) is 11.9. The van der Waals surface area contributed by atoms with Crippen molar-refractivity contribution < 1.29 is 4.74 Å². The number of hydrogen-bond acceptors (Lipinski definition) is 3. The smallest absolute Gasteiger partial charge is 0.191 e. The van der Waals surface area contributed by atoms with Crippen molar-refractivity contribution in [2.75, 3.05) is 39.8 Å². The molecule has 0 radical (unpaired) electrons. The molecule has 0 saturated carbocycles. The second-order valence-electron chi connectivity index (χ2n) is 6.70. The quantitative estimate of drug-likeness (QED) is 0.410. The van der Waals surface area contributed by atoms with Crippen molar-refractivity contribution in [2.24, 2.45) is 4.99 Å². The van der Waals surface area contributed by atoms with E-state index in [9.17, 15) is 0 Å². The molecule has 2 N–H and O–H groups in total. The lowest BCUT2D eigenvalue weighted by Crippen LogP contribution is -2.42. The Bertz CT molecular complexity index is 492. The molecule has 2 rings (SSSR count). The molecule has 1 saturated heterocycles. The van der Waals surface area contributed by atoms with Crippen LogP contribution in [-0.2, 0) is 11.3 Å². The summed E-state index contributed by atoms with van der Waals surface area (Å²) in [5.74, 6) is 0.856. The highest BCUT2D eigenvalue weighted by Crippen LogP contribution is 2.15. The maximum Gasteiger partial charge on any atom is 0.191 e. The fraction of sp³-hybridized carbons (Fsp3) is 0.650. The van der Waals surface area contributed by atoms with Crippen molar-refractivity contribution in [3.8, 4) is 0 Å². The zero-order valence-corrected chi connectivity index (χ0v) is 15.8. The summed E-state index contributed by atoms with van der Waals surface area (Å²) in [5.41, 5.74) is 1.21. The van der Waals surface area contributed by atoms with Crippen LogP contribution in [0.15, 0.2) is 35.3 Å². The highest BCUT2D eigenvalue weighted by atomic mass is 16.5. The van der Waals surface area contributed by atoms with Gasteiger partial charge in [-0.1, -0.05) is 36.8 Å². The standard InChI is InChI=1S/C20H34N4O/c1-18-9-6-7-14-24(18)15-8-12-22-20(21-2)23-13-16-25-17-19-10-4-3-5-11-19/h3-5,10-11,18H,6-9,12-17H2,1-2H3,(H2,21,22,23). The number of hydrogen-bond donors (Lipinski definition) is 2. The highest BCUT2D eigenvalue weighted by molar-refractivity contribution is 5.79. The molecule has 1 aromatic rings. The summed E-state index contributed by atoms with van der Waals surface area (Å²) >= 11 is 0. The molecule has 0 aliphatic carbocycles. The molecule has 5 heteroatoms. The summed E-state index contributed by atoms with van der Waals surface area (Å²) in [6.45, 7) is 7.81. The molecule has 1 aliphatic heterocycles. The third kappa shape index (κ3) is 7.88. The molecule has 140 valence electrons. The predicted octanol–water partition coefficient (Wildman–Crippen LogP) is 2.63. The third-order valence-corrected chi connectivity index (χ3v) is 4.73. The van der Waals surface area contributed by atoms with Gasteiger partial charge in [-0.2, -0.15) is 0 Å². The van der Waals surface area contributed by atoms with Gasteiger partial charge in [-0.05, 0) is 38.3 Å². The number of piperidine rings is 1. The molecule has 25 heavy (non-hydrogen) atoms. The minimum atomic E-state index is 0.655. The fourth-order valence-electron chi connectivity index (χ4n) is 3.21. The summed E-state index contributed by atoms with van der Waals surface area (Å²) in [4.78, 5) is 6.88. The van der Waals surface area contributed by atoms with Crippen molar-refractivity contribution in [2.45, 2.75) is 45.3 Å². The van der Waals surface area contributed by atoms with Gasteiger partial charge in [-0.3, -0.25) is 4.99 Å². The van der Waals surface area contributed by atoms with Crippen LogP contribution in [0.25, 0.3) is 0 Å². The lowest BCUT2D eigenvalue weighted by molar-refractivity contribution is 0.125. The molecule has 1 atom stereocenters. The van der Waals surface area contributed by atoms with Crippen LogP contribution in [-0.4, -0.2) is 56.7 Å². The largest absolute Gasteiger partial charge is 0.375 e. The Morgan fingerprint density at radius 2 is 2.00 bits per heavy atom. The van der Waals surface area contributed by atoms with Gasteiger partial charge in [0.2, 0.25) is 0 Å². The van der Waals surface area contributed by atoms with E-state index < -0.39 is 0 Å². The molecule has 0 spiro atoms. The molecule has 0 aromatic heterocycles. The van der Waals surface area contributed by atoms with Crippen LogP contribution in [0.2, 0.25) is 0 Å². The third-order valence-electron chi connectivity index (χ3n) is 4.73. The van der Waals surface area contributed by atoms with Crippen LogP contribution in [0.5, 0.6) is 0 Å². The minimum Gasteiger partial charge on any atom is -0.375 e. The van der Waals surface area contributed by atoms with Gasteiger partial charge < -0.3 is 20.3 Å². The summed E-state index contributed by atoms with van der Waals surface area (Å²) < 4.78 is 5.68. The average molecular weight is 347 g/mol. The van der Waals surface area contributed by atoms with Crippen LogP contribution < -0.4 is 10.6 Å². The molecule has 5 nitrogen and oxygen atoms in total. The highest BCUT2D eigenvalue weighted by Gasteiger charge is 2.16. The predicted molar refractivity (Wildman–Crippen MR) is 105 cm³/mol. The molecule has 1 aromatic carbocycles. The van der Waals surface area contributed by atoms with Crippen LogP contribution in [0.4, 0.5) is 0 Å². The number of rotatable bonds is 9. The van der Waals surface area contributed by atoms with Gasteiger partial charge in [-0.25, -0.2) is 0 Å². The summed E-state index contributed by atoms with van der Waals surface area (Å²) in [5, 5.41) is 6.69. The number of guanidine groups is 1. The first-order valence-corrected chi connectivity index (χ1v) is 9.60. The van der Waals surface area contributed by atoms with Gasteiger partial charge in [0.05, 0.1) is 13.2 Å². The second-order valence-corrected chi connectivity index (χ2v) is 6.70. The van der Waals surface area contributed by atoms with Crippen molar-refractivity contribution in [1.82, 2.24) is 15.5 Å². The van der Waals surface area contributed by atoms with Gasteiger partial charge in [0.15, 0.2) is 5.96 Å². The lowest BCUT2D eigenvalue weighted by Gasteiger charge is -2.33. The Morgan fingerprint density at radius 3 is 2.76 bits per heavy atom. The number of aliphatic imine (C=N–C) groups is 1. The van der Waals surface area contributed by atoms with E-state index in [1.165, 1.54) is 37.9 Å². The lowest BCUT2D eigenvalue weighted by atomic mass is 10.0. The van der Waals surface area contributed by atoms with E-state index in [0.717, 1.165) is 31.5 Å². The molecular formula is C20H34N4O. The van der Waals surface area contributed by atoms with Gasteiger partial charge >= 0.3 is 0 Å². The normalized spacial score (nSPS) is 19.0. The molecule has 1 unspecified atom stereocenters. The SMILES string of the molecule is CN=C(NCCCN1CCCCC1C)NCCOCc1ccccc1. The first-order valence-electron chi connectivity index (χ1n) is 9.60. The molecule has 1 fully saturated rings. The Hall–Kier alpha value is -1.59. The zero-order valence-electron chi connectivity index (χ0n) is 15.8. The van der Waals surface area contributed by atoms with E-state index in [1.807, 2.05) is 25.2 Å². The first kappa shape index (κ1) is 19.7. The first-order chi connectivity index (χ1) is 12.3. The zero-order chi connectivity index (χ0) is 17.7. The maximum atomic E-state index is 5.68. The molecule has 0 amide bonds. The fourth-order valence-corrected chi connectivity index (χ4v) is 3.21. The topological polar surface area (TPSA) is 48.9 Å². The van der Waals surface area contributed by atoms with Crippen LogP contribution in [0, 0.1) is 0 Å². The minimum absolute atomic E-state index is 0.655. The van der Waals surface area contributed by atoms with Crippen molar-refractivity contribution in [3.05, 3.63) is 35.9 Å². The van der Waals surface area contributed by atoms with E-state index >= 15 is 0 Å². The Labute approximate surface area is 152 Å². The monoisotopic (exact) mass is 346 g/mol. The molecule has 1 aliphatic rings. The van der Waals surface area contributed by atoms with Crippen molar-refractivity contribution in [1.29, 1.82) is 0 Å². The summed E-state index contributed by atoms with van der Waals surface area (Å²) in [7, 11) is 1.81. The van der Waals surface area contributed by atoms with E-state index in [4.69, 9.17) is 4.74 Å². The average Bonchev–Trinajstić information content (AvgIpc) is 2.65. The van der Waals surface area contributed by atoms with E-state index in [2.05, 4.69) is 39.6 Å². The van der Waals surface area contributed by atoms with Gasteiger partial charge in [0, 0.05) is 32.7 Å². The van der Waals surface area contributed by atoms with E-state index in [1.54, 1.807) is 0 Å². The van der Waals surface area contributed by atoms with Crippen LogP contribution in [0.1, 0.15) is 38.2 Å². The van der Waals surface area contributed by atoms with E-state index in [0.29, 0.717) is 13.2 Å². The van der Waals surface area contributed by atoms with Gasteiger partial charge in [0.1, 0.15) is 0 Å².